The minimum Gasteiger partial charge on any atom is -0.394 e. The number of aromatic nitrogens is 1. The van der Waals surface area contributed by atoms with Crippen molar-refractivity contribution in [2.75, 3.05) is 26.7 Å². The van der Waals surface area contributed by atoms with Gasteiger partial charge in [0.25, 0.3) is 0 Å². The zero-order valence-electron chi connectivity index (χ0n) is 14.0. The van der Waals surface area contributed by atoms with Gasteiger partial charge < -0.3 is 19.5 Å². The summed E-state index contributed by atoms with van der Waals surface area (Å²) in [4.78, 5) is 27.5. The quantitative estimate of drug-likeness (QED) is 0.768. The van der Waals surface area contributed by atoms with Gasteiger partial charge in [-0.05, 0) is 30.3 Å². The van der Waals surface area contributed by atoms with Crippen molar-refractivity contribution in [3.63, 3.8) is 0 Å². The van der Waals surface area contributed by atoms with Crippen LogP contribution in [-0.2, 0) is 16.1 Å². The first-order chi connectivity index (χ1) is 11.9. The first-order valence-electron chi connectivity index (χ1n) is 7.93. The predicted octanol–water partition coefficient (Wildman–Crippen LogP) is 1.62. The summed E-state index contributed by atoms with van der Waals surface area (Å²) in [5.41, 5.74) is 0.252. The van der Waals surface area contributed by atoms with Crippen LogP contribution in [0.4, 0.5) is 0 Å². The molecule has 2 amide bonds. The summed E-state index contributed by atoms with van der Waals surface area (Å²) in [6.07, 6.45) is 3.12. The Morgan fingerprint density at radius 1 is 1.40 bits per heavy atom. The first kappa shape index (κ1) is 17.7. The maximum Gasteiger partial charge on any atom is 0.246 e. The fourth-order valence-corrected chi connectivity index (χ4v) is 3.57. The summed E-state index contributed by atoms with van der Waals surface area (Å²) in [6.45, 7) is 4.09. The number of carbonyl (C=O) groups is 2. The van der Waals surface area contributed by atoms with Gasteiger partial charge in [0.05, 0.1) is 6.61 Å². The second-order valence-corrected chi connectivity index (χ2v) is 7.30. The summed E-state index contributed by atoms with van der Waals surface area (Å²) in [5.74, 6) is -0.299. The molecule has 2 heterocycles. The number of rotatable bonds is 5. The molecule has 0 spiro atoms. The SMILES string of the molecule is C=CC(=O)N1CC(CO)(N(C)C(=O)Cn2ccc3cc(Br)ccc32)C1. The molecule has 1 aliphatic rings. The lowest BCUT2D eigenvalue weighted by Crippen LogP contribution is -2.73. The lowest BCUT2D eigenvalue weighted by atomic mass is 9.88. The van der Waals surface area contributed by atoms with Crippen molar-refractivity contribution in [1.82, 2.24) is 14.4 Å². The number of fused-ring (bicyclic) bond motifs is 1. The minimum absolute atomic E-state index is 0.111. The molecule has 0 unspecified atom stereocenters. The molecule has 0 aliphatic carbocycles. The summed E-state index contributed by atoms with van der Waals surface area (Å²) < 4.78 is 2.87. The van der Waals surface area contributed by atoms with Crippen molar-refractivity contribution < 1.29 is 14.7 Å². The van der Waals surface area contributed by atoms with Gasteiger partial charge in [-0.3, -0.25) is 9.59 Å². The normalized spacial score (nSPS) is 15.7. The second kappa shape index (κ2) is 6.65. The van der Waals surface area contributed by atoms with E-state index in [9.17, 15) is 14.7 Å². The number of amides is 2. The average Bonchev–Trinajstić information content (AvgIpc) is 2.95. The van der Waals surface area contributed by atoms with Crippen molar-refractivity contribution in [1.29, 1.82) is 0 Å². The maximum absolute atomic E-state index is 12.7. The van der Waals surface area contributed by atoms with E-state index in [-0.39, 0.29) is 25.0 Å². The molecule has 0 bridgehead atoms. The smallest absolute Gasteiger partial charge is 0.246 e. The highest BCUT2D eigenvalue weighted by Gasteiger charge is 2.48. The van der Waals surface area contributed by atoms with E-state index in [0.717, 1.165) is 15.4 Å². The molecule has 3 rings (SSSR count). The van der Waals surface area contributed by atoms with E-state index in [4.69, 9.17) is 0 Å². The third-order valence-electron chi connectivity index (χ3n) is 4.88. The first-order valence-corrected chi connectivity index (χ1v) is 8.73. The van der Waals surface area contributed by atoms with Crippen LogP contribution >= 0.6 is 15.9 Å². The number of likely N-dealkylation sites (N-methyl/N-ethyl adjacent to an activating group) is 1. The summed E-state index contributed by atoms with van der Waals surface area (Å²) in [6, 6.07) is 7.86. The Labute approximate surface area is 154 Å². The van der Waals surface area contributed by atoms with E-state index in [0.29, 0.717) is 13.1 Å². The average molecular weight is 406 g/mol. The van der Waals surface area contributed by atoms with E-state index in [1.165, 1.54) is 6.08 Å². The van der Waals surface area contributed by atoms with Gasteiger partial charge in [0.15, 0.2) is 0 Å². The van der Waals surface area contributed by atoms with Crippen molar-refractivity contribution in [2.24, 2.45) is 0 Å². The molecule has 1 aromatic carbocycles. The number of benzene rings is 1. The highest BCUT2D eigenvalue weighted by molar-refractivity contribution is 9.10. The van der Waals surface area contributed by atoms with Crippen LogP contribution in [0, 0.1) is 0 Å². The summed E-state index contributed by atoms with van der Waals surface area (Å²) in [5, 5.41) is 10.8. The van der Waals surface area contributed by atoms with Gasteiger partial charge in [0.2, 0.25) is 11.8 Å². The molecule has 132 valence electrons. The molecule has 1 fully saturated rings. The number of hydrogen-bond acceptors (Lipinski definition) is 3. The molecule has 1 aliphatic heterocycles. The Balaban J connectivity index is 1.73. The van der Waals surface area contributed by atoms with Gasteiger partial charge in [-0.1, -0.05) is 22.5 Å². The number of nitrogens with zero attached hydrogens (tertiary/aromatic N) is 3. The monoisotopic (exact) mass is 405 g/mol. The summed E-state index contributed by atoms with van der Waals surface area (Å²) >= 11 is 3.44. The third kappa shape index (κ3) is 3.09. The van der Waals surface area contributed by atoms with E-state index in [2.05, 4.69) is 22.5 Å². The molecule has 0 saturated carbocycles. The Hall–Kier alpha value is -2.12. The van der Waals surface area contributed by atoms with Gasteiger partial charge in [-0.2, -0.15) is 0 Å². The van der Waals surface area contributed by atoms with Crippen LogP contribution in [0.1, 0.15) is 0 Å². The van der Waals surface area contributed by atoms with Gasteiger partial charge >= 0.3 is 0 Å². The molecular weight excluding hydrogens is 386 g/mol. The minimum atomic E-state index is -0.720. The third-order valence-corrected chi connectivity index (χ3v) is 5.37. The number of carbonyl (C=O) groups excluding carboxylic acids is 2. The van der Waals surface area contributed by atoms with Crippen molar-refractivity contribution in [3.8, 4) is 0 Å². The Bertz CT molecular complexity index is 839. The highest BCUT2D eigenvalue weighted by Crippen LogP contribution is 2.28. The lowest BCUT2D eigenvalue weighted by molar-refractivity contribution is -0.157. The van der Waals surface area contributed by atoms with Gasteiger partial charge in [0, 0.05) is 41.7 Å². The van der Waals surface area contributed by atoms with Crippen molar-refractivity contribution in [3.05, 3.63) is 47.6 Å². The fourth-order valence-electron chi connectivity index (χ4n) is 3.19. The second-order valence-electron chi connectivity index (χ2n) is 6.38. The van der Waals surface area contributed by atoms with Crippen LogP contribution in [-0.4, -0.2) is 63.6 Å². The molecule has 1 N–H and O–H groups in total. The Morgan fingerprint density at radius 3 is 2.76 bits per heavy atom. The van der Waals surface area contributed by atoms with Crippen LogP contribution < -0.4 is 0 Å². The van der Waals surface area contributed by atoms with Crippen LogP contribution in [0.3, 0.4) is 0 Å². The van der Waals surface area contributed by atoms with E-state index >= 15 is 0 Å². The van der Waals surface area contributed by atoms with Crippen LogP contribution in [0.5, 0.6) is 0 Å². The number of aliphatic hydroxyl groups is 1. The van der Waals surface area contributed by atoms with E-state index in [1.54, 1.807) is 16.8 Å². The fraction of sp³-hybridized carbons (Fsp3) is 0.333. The van der Waals surface area contributed by atoms with Crippen LogP contribution in [0.25, 0.3) is 10.9 Å². The number of likely N-dealkylation sites (tertiary alicyclic amines) is 1. The molecular formula is C18H20BrN3O3. The van der Waals surface area contributed by atoms with Crippen LogP contribution in [0.15, 0.2) is 47.6 Å². The molecule has 0 radical (unpaired) electrons. The zero-order valence-corrected chi connectivity index (χ0v) is 15.6. The summed E-state index contributed by atoms with van der Waals surface area (Å²) in [7, 11) is 1.68. The molecule has 2 aromatic rings. The molecule has 7 heteroatoms. The lowest BCUT2D eigenvalue weighted by Gasteiger charge is -2.53. The molecule has 6 nitrogen and oxygen atoms in total. The highest BCUT2D eigenvalue weighted by atomic mass is 79.9. The molecule has 1 saturated heterocycles. The topological polar surface area (TPSA) is 65.8 Å². The van der Waals surface area contributed by atoms with Crippen LogP contribution in [0.2, 0.25) is 0 Å². The van der Waals surface area contributed by atoms with Crippen molar-refractivity contribution in [2.45, 2.75) is 12.1 Å². The number of aliphatic hydroxyl groups excluding tert-OH is 1. The Kier molecular flexibility index (Phi) is 4.71. The molecule has 0 atom stereocenters. The maximum atomic E-state index is 12.7. The zero-order chi connectivity index (χ0) is 18.2. The Morgan fingerprint density at radius 2 is 2.12 bits per heavy atom. The largest absolute Gasteiger partial charge is 0.394 e. The molecule has 1 aromatic heterocycles. The predicted molar refractivity (Wildman–Crippen MR) is 99.0 cm³/mol. The van der Waals surface area contributed by atoms with Crippen molar-refractivity contribution >= 4 is 38.6 Å². The van der Waals surface area contributed by atoms with Gasteiger partial charge in [0.1, 0.15) is 12.1 Å². The number of hydrogen-bond donors (Lipinski definition) is 1. The standard InChI is InChI=1S/C18H20BrN3O3/c1-3-16(24)22-10-18(11-22,12-23)20(2)17(25)9-21-7-6-13-8-14(19)4-5-15(13)21/h3-8,23H,1,9-12H2,2H3. The van der Waals surface area contributed by atoms with Gasteiger partial charge in [-0.25, -0.2) is 0 Å². The van der Waals surface area contributed by atoms with E-state index < -0.39 is 5.54 Å². The number of halogens is 1. The van der Waals surface area contributed by atoms with Gasteiger partial charge in [-0.15, -0.1) is 0 Å². The van der Waals surface area contributed by atoms with E-state index in [1.807, 2.05) is 35.0 Å². The molecule has 25 heavy (non-hydrogen) atoms.